The van der Waals surface area contributed by atoms with Gasteiger partial charge in [0.2, 0.25) is 5.91 Å². The summed E-state index contributed by atoms with van der Waals surface area (Å²) in [6, 6.07) is 6.74. The summed E-state index contributed by atoms with van der Waals surface area (Å²) in [5.41, 5.74) is 0.768. The lowest BCUT2D eigenvalue weighted by Crippen LogP contribution is -2.61. The molecule has 1 aliphatic carbocycles. The normalized spacial score (nSPS) is 22.2. The standard InChI is InChI=1S/C30H32Cl2FN5O3/c1-2-26(39)38-15-18-12-19(16-38)29(18)41-25-13-20-23(14-24(25)40-11-10-37-8-4-3-5-9-37)34-17-35-30(20)36-22-7-6-21(31)27(32)28(22)33/h2,6-7,13-14,17-19,29H,1,3-5,8-12,15-16H2,(H,34,35,36)/t18-,19+,29+. The van der Waals surface area contributed by atoms with Gasteiger partial charge in [-0.2, -0.15) is 0 Å². The van der Waals surface area contributed by atoms with Crippen molar-refractivity contribution in [1.82, 2.24) is 19.8 Å². The molecule has 2 aromatic carbocycles. The number of halogens is 3. The number of piperidine rings is 3. The van der Waals surface area contributed by atoms with Crippen LogP contribution in [0, 0.1) is 17.7 Å². The number of aromatic nitrogens is 2. The number of hydrogen-bond acceptors (Lipinski definition) is 7. The molecule has 1 saturated carbocycles. The Morgan fingerprint density at radius 2 is 1.90 bits per heavy atom. The number of carbonyl (C=O) groups excluding carboxylic acids is 1. The maximum atomic E-state index is 14.9. The lowest BCUT2D eigenvalue weighted by atomic mass is 9.68. The van der Waals surface area contributed by atoms with Gasteiger partial charge in [0, 0.05) is 42.9 Å². The minimum atomic E-state index is -0.666. The summed E-state index contributed by atoms with van der Waals surface area (Å²) in [5, 5.41) is 3.64. The van der Waals surface area contributed by atoms with E-state index >= 15 is 0 Å². The first kappa shape index (κ1) is 28.0. The van der Waals surface area contributed by atoms with Gasteiger partial charge in [0.25, 0.3) is 0 Å². The van der Waals surface area contributed by atoms with Crippen LogP contribution in [0.4, 0.5) is 15.9 Å². The van der Waals surface area contributed by atoms with Crippen LogP contribution in [0.15, 0.2) is 43.2 Å². The van der Waals surface area contributed by atoms with Gasteiger partial charge in [-0.3, -0.25) is 9.69 Å². The fraction of sp³-hybridized carbons (Fsp3) is 0.433. The van der Waals surface area contributed by atoms with Crippen LogP contribution in [0.1, 0.15) is 25.7 Å². The predicted molar refractivity (Wildman–Crippen MR) is 158 cm³/mol. The van der Waals surface area contributed by atoms with Gasteiger partial charge in [-0.25, -0.2) is 14.4 Å². The lowest BCUT2D eigenvalue weighted by Gasteiger charge is -2.52. The molecule has 2 bridgehead atoms. The van der Waals surface area contributed by atoms with E-state index in [1.165, 1.54) is 43.8 Å². The first-order valence-electron chi connectivity index (χ1n) is 14.0. The van der Waals surface area contributed by atoms with Gasteiger partial charge in [-0.1, -0.05) is 36.2 Å². The van der Waals surface area contributed by atoms with E-state index in [1.807, 2.05) is 17.0 Å². The minimum Gasteiger partial charge on any atom is -0.488 e. The highest BCUT2D eigenvalue weighted by atomic mass is 35.5. The molecule has 4 heterocycles. The number of hydrogen-bond donors (Lipinski definition) is 1. The molecule has 0 unspecified atom stereocenters. The predicted octanol–water partition coefficient (Wildman–Crippen LogP) is 6.10. The monoisotopic (exact) mass is 599 g/mol. The van der Waals surface area contributed by atoms with Crippen molar-refractivity contribution in [2.45, 2.75) is 31.8 Å². The summed E-state index contributed by atoms with van der Waals surface area (Å²) < 4.78 is 27.8. The van der Waals surface area contributed by atoms with Crippen LogP contribution in [0.2, 0.25) is 10.0 Å². The third-order valence-corrected chi connectivity index (χ3v) is 9.08. The molecule has 3 saturated heterocycles. The third kappa shape index (κ3) is 5.80. The van der Waals surface area contributed by atoms with Crippen molar-refractivity contribution in [3.8, 4) is 11.5 Å². The Labute approximate surface area is 248 Å². The summed E-state index contributed by atoms with van der Waals surface area (Å²) in [5.74, 6) is 1.31. The van der Waals surface area contributed by atoms with Crippen LogP contribution in [0.3, 0.4) is 0 Å². The second-order valence-corrected chi connectivity index (χ2v) is 11.7. The van der Waals surface area contributed by atoms with Gasteiger partial charge >= 0.3 is 0 Å². The number of anilines is 2. The maximum Gasteiger partial charge on any atom is 0.245 e. The topological polar surface area (TPSA) is 79.8 Å². The van der Waals surface area contributed by atoms with E-state index in [0.29, 0.717) is 47.9 Å². The zero-order valence-corrected chi connectivity index (χ0v) is 24.1. The van der Waals surface area contributed by atoms with Crippen molar-refractivity contribution in [3.63, 3.8) is 0 Å². The van der Waals surface area contributed by atoms with Crippen molar-refractivity contribution in [2.75, 3.05) is 44.6 Å². The molecule has 7 rings (SSSR count). The Morgan fingerprint density at radius 3 is 2.66 bits per heavy atom. The third-order valence-electron chi connectivity index (χ3n) is 8.30. The number of carbonyl (C=O) groups is 1. The number of ether oxygens (including phenoxy) is 2. The number of fused-ring (bicyclic) bond motifs is 3. The van der Waals surface area contributed by atoms with Crippen LogP contribution < -0.4 is 14.8 Å². The van der Waals surface area contributed by atoms with E-state index in [1.54, 1.807) is 0 Å². The molecule has 3 aromatic rings. The van der Waals surface area contributed by atoms with Gasteiger partial charge in [-0.05, 0) is 56.6 Å². The SMILES string of the molecule is C=CC(=O)N1C[C@H]2C[C@@H](C1)[C@H]2Oc1cc2c(Nc3ccc(Cl)c(Cl)c3F)ncnc2cc1OCCN1CCCCC1. The number of likely N-dealkylation sites (tertiary alicyclic amines) is 1. The van der Waals surface area contributed by atoms with Crippen molar-refractivity contribution >= 4 is 51.5 Å². The summed E-state index contributed by atoms with van der Waals surface area (Å²) in [6.45, 7) is 8.42. The lowest BCUT2D eigenvalue weighted by molar-refractivity contribution is -0.142. The van der Waals surface area contributed by atoms with E-state index in [4.69, 9.17) is 32.7 Å². The zero-order chi connectivity index (χ0) is 28.5. The highest BCUT2D eigenvalue weighted by Crippen LogP contribution is 2.45. The van der Waals surface area contributed by atoms with Gasteiger partial charge < -0.3 is 19.7 Å². The largest absolute Gasteiger partial charge is 0.488 e. The van der Waals surface area contributed by atoms with E-state index in [-0.39, 0.29) is 39.6 Å². The molecule has 0 spiro atoms. The average molecular weight is 601 g/mol. The average Bonchev–Trinajstić information content (AvgIpc) is 3.00. The van der Waals surface area contributed by atoms with E-state index in [2.05, 4.69) is 26.8 Å². The van der Waals surface area contributed by atoms with Crippen molar-refractivity contribution in [1.29, 1.82) is 0 Å². The quantitative estimate of drug-likeness (QED) is 0.235. The summed E-state index contributed by atoms with van der Waals surface area (Å²) in [6.07, 6.45) is 7.46. The number of nitrogens with one attached hydrogen (secondary N) is 1. The van der Waals surface area contributed by atoms with Gasteiger partial charge in [0.05, 0.1) is 21.2 Å². The molecule has 1 amide bonds. The first-order chi connectivity index (χ1) is 19.9. The van der Waals surface area contributed by atoms with Gasteiger partial charge in [-0.15, -0.1) is 0 Å². The first-order valence-corrected chi connectivity index (χ1v) is 14.8. The van der Waals surface area contributed by atoms with E-state index in [0.717, 1.165) is 26.1 Å². The summed E-state index contributed by atoms with van der Waals surface area (Å²) in [7, 11) is 0. The Bertz CT molecular complexity index is 1460. The molecule has 0 radical (unpaired) electrons. The molecule has 1 aromatic heterocycles. The molecule has 1 N–H and O–H groups in total. The van der Waals surface area contributed by atoms with Crippen LogP contribution >= 0.6 is 23.2 Å². The van der Waals surface area contributed by atoms with Crippen LogP contribution in [-0.2, 0) is 4.79 Å². The molecule has 3 aliphatic heterocycles. The van der Waals surface area contributed by atoms with Crippen molar-refractivity contribution in [2.24, 2.45) is 11.8 Å². The maximum absolute atomic E-state index is 14.9. The van der Waals surface area contributed by atoms with Crippen LogP contribution in [0.25, 0.3) is 10.9 Å². The smallest absolute Gasteiger partial charge is 0.245 e. The number of amides is 1. The highest BCUT2D eigenvalue weighted by Gasteiger charge is 2.49. The van der Waals surface area contributed by atoms with E-state index < -0.39 is 5.82 Å². The fourth-order valence-electron chi connectivity index (χ4n) is 6.08. The molecular weight excluding hydrogens is 568 g/mol. The number of benzene rings is 2. The van der Waals surface area contributed by atoms with Crippen molar-refractivity contribution in [3.05, 3.63) is 59.1 Å². The molecule has 4 aliphatic rings. The minimum absolute atomic E-state index is 0.0423. The van der Waals surface area contributed by atoms with E-state index in [9.17, 15) is 9.18 Å². The summed E-state index contributed by atoms with van der Waals surface area (Å²) >= 11 is 12.0. The molecule has 4 fully saturated rings. The molecule has 11 heteroatoms. The highest BCUT2D eigenvalue weighted by molar-refractivity contribution is 6.42. The Kier molecular flexibility index (Phi) is 8.19. The fourth-order valence-corrected chi connectivity index (χ4v) is 6.39. The Balaban J connectivity index is 1.28. The van der Waals surface area contributed by atoms with Crippen molar-refractivity contribution < 1.29 is 18.7 Å². The second kappa shape index (κ2) is 12.0. The molecule has 216 valence electrons. The van der Waals surface area contributed by atoms with Crippen LogP contribution in [-0.4, -0.2) is 71.1 Å². The summed E-state index contributed by atoms with van der Waals surface area (Å²) in [4.78, 5) is 25.3. The molecule has 3 atom stereocenters. The Hall–Kier alpha value is -3.14. The van der Waals surface area contributed by atoms with Gasteiger partial charge in [0.15, 0.2) is 17.3 Å². The van der Waals surface area contributed by atoms with Crippen LogP contribution in [0.5, 0.6) is 11.5 Å². The molecular formula is C30H32Cl2FN5O3. The molecule has 8 nitrogen and oxygen atoms in total. The zero-order valence-electron chi connectivity index (χ0n) is 22.6. The number of nitrogens with zero attached hydrogens (tertiary/aromatic N) is 4. The molecule has 41 heavy (non-hydrogen) atoms. The second-order valence-electron chi connectivity index (χ2n) is 10.9. The Morgan fingerprint density at radius 1 is 1.12 bits per heavy atom. The number of rotatable bonds is 9. The van der Waals surface area contributed by atoms with Gasteiger partial charge in [0.1, 0.15) is 24.9 Å².